The third-order valence-electron chi connectivity index (χ3n) is 3.62. The number of phenolic OH excluding ortho intramolecular Hbond substituents is 2. The van der Waals surface area contributed by atoms with Crippen LogP contribution in [0.15, 0.2) is 18.2 Å². The lowest BCUT2D eigenvalue weighted by atomic mass is 9.87. The summed E-state index contributed by atoms with van der Waals surface area (Å²) in [6.45, 7) is 0.499. The molecule has 0 unspecified atom stereocenters. The fourth-order valence-electron chi connectivity index (χ4n) is 2.44. The van der Waals surface area contributed by atoms with Crippen molar-refractivity contribution in [2.45, 2.75) is 31.8 Å². The minimum absolute atomic E-state index is 0.0849. The smallest absolute Gasteiger partial charge is 0.258 e. The van der Waals surface area contributed by atoms with E-state index in [0.717, 1.165) is 25.7 Å². The van der Waals surface area contributed by atoms with Gasteiger partial charge in [0.15, 0.2) is 0 Å². The van der Waals surface area contributed by atoms with Crippen molar-refractivity contribution in [1.29, 1.82) is 0 Å². The first-order chi connectivity index (χ1) is 9.08. The van der Waals surface area contributed by atoms with Crippen LogP contribution in [-0.2, 0) is 0 Å². The van der Waals surface area contributed by atoms with Gasteiger partial charge in [0.2, 0.25) is 0 Å². The van der Waals surface area contributed by atoms with Gasteiger partial charge < -0.3 is 20.6 Å². The Morgan fingerprint density at radius 1 is 1.16 bits per heavy atom. The summed E-state index contributed by atoms with van der Waals surface area (Å²) in [6.07, 6.45) is 3.09. The van der Waals surface area contributed by atoms with E-state index in [0.29, 0.717) is 12.5 Å². The SMILES string of the molecule is O=C(NCC1CCC(O)CC1)c1c(O)cccc1O. The largest absolute Gasteiger partial charge is 0.507 e. The van der Waals surface area contributed by atoms with Gasteiger partial charge in [0.05, 0.1) is 6.10 Å². The minimum Gasteiger partial charge on any atom is -0.507 e. The zero-order valence-corrected chi connectivity index (χ0v) is 10.7. The number of carbonyl (C=O) groups excluding carboxylic acids is 1. The molecule has 104 valence electrons. The number of aromatic hydroxyl groups is 2. The van der Waals surface area contributed by atoms with Crippen LogP contribution in [0.3, 0.4) is 0 Å². The highest BCUT2D eigenvalue weighted by molar-refractivity contribution is 5.99. The Kier molecular flexibility index (Phi) is 4.27. The van der Waals surface area contributed by atoms with Crippen molar-refractivity contribution in [3.63, 3.8) is 0 Å². The summed E-state index contributed by atoms with van der Waals surface area (Å²) in [5.41, 5.74) is -0.0849. The monoisotopic (exact) mass is 265 g/mol. The van der Waals surface area contributed by atoms with Gasteiger partial charge in [0, 0.05) is 6.54 Å². The van der Waals surface area contributed by atoms with Crippen LogP contribution in [0.4, 0.5) is 0 Å². The fraction of sp³-hybridized carbons (Fsp3) is 0.500. The van der Waals surface area contributed by atoms with Gasteiger partial charge in [0.1, 0.15) is 17.1 Å². The van der Waals surface area contributed by atoms with Crippen LogP contribution in [0, 0.1) is 5.92 Å². The summed E-state index contributed by atoms with van der Waals surface area (Å²) in [4.78, 5) is 11.9. The molecule has 19 heavy (non-hydrogen) atoms. The van der Waals surface area contributed by atoms with Gasteiger partial charge in [-0.05, 0) is 43.7 Å². The summed E-state index contributed by atoms with van der Waals surface area (Å²) in [6, 6.07) is 4.21. The van der Waals surface area contributed by atoms with E-state index in [1.807, 2.05) is 0 Å². The fourth-order valence-corrected chi connectivity index (χ4v) is 2.44. The minimum atomic E-state index is -0.471. The maximum Gasteiger partial charge on any atom is 0.258 e. The molecule has 0 aromatic heterocycles. The van der Waals surface area contributed by atoms with Gasteiger partial charge >= 0.3 is 0 Å². The molecule has 1 fully saturated rings. The third-order valence-corrected chi connectivity index (χ3v) is 3.62. The van der Waals surface area contributed by atoms with Crippen molar-refractivity contribution in [1.82, 2.24) is 5.32 Å². The molecule has 4 N–H and O–H groups in total. The highest BCUT2D eigenvalue weighted by Crippen LogP contribution is 2.27. The molecule has 0 saturated heterocycles. The summed E-state index contributed by atoms with van der Waals surface area (Å²) in [7, 11) is 0. The Labute approximate surface area is 111 Å². The van der Waals surface area contributed by atoms with Crippen LogP contribution in [-0.4, -0.2) is 33.9 Å². The number of rotatable bonds is 3. The Bertz CT molecular complexity index is 433. The number of amides is 1. The van der Waals surface area contributed by atoms with Crippen LogP contribution in [0.25, 0.3) is 0 Å². The Balaban J connectivity index is 1.91. The third kappa shape index (κ3) is 3.38. The number of phenols is 2. The molecule has 1 aliphatic carbocycles. The molecule has 2 rings (SSSR count). The predicted octanol–water partition coefficient (Wildman–Crippen LogP) is 1.38. The van der Waals surface area contributed by atoms with E-state index in [1.165, 1.54) is 18.2 Å². The maximum atomic E-state index is 11.9. The van der Waals surface area contributed by atoms with Crippen molar-refractivity contribution >= 4 is 5.91 Å². The predicted molar refractivity (Wildman–Crippen MR) is 70.1 cm³/mol. The molecule has 0 bridgehead atoms. The molecule has 1 aromatic carbocycles. The van der Waals surface area contributed by atoms with Gasteiger partial charge in [-0.3, -0.25) is 4.79 Å². The first-order valence-corrected chi connectivity index (χ1v) is 6.55. The van der Waals surface area contributed by atoms with Crippen molar-refractivity contribution in [2.75, 3.05) is 6.54 Å². The topological polar surface area (TPSA) is 89.8 Å². The highest BCUT2D eigenvalue weighted by atomic mass is 16.3. The standard InChI is InChI=1S/C14H19NO4/c16-10-6-4-9(5-7-10)8-15-14(19)13-11(17)2-1-3-12(13)18/h1-3,9-10,16-18H,4-8H2,(H,15,19). The van der Waals surface area contributed by atoms with E-state index in [1.54, 1.807) is 0 Å². The first kappa shape index (κ1) is 13.7. The molecule has 5 nitrogen and oxygen atoms in total. The lowest BCUT2D eigenvalue weighted by molar-refractivity contribution is 0.0905. The number of aliphatic hydroxyl groups is 1. The molecule has 1 aromatic rings. The Morgan fingerprint density at radius 2 is 1.74 bits per heavy atom. The zero-order valence-electron chi connectivity index (χ0n) is 10.7. The Morgan fingerprint density at radius 3 is 2.32 bits per heavy atom. The van der Waals surface area contributed by atoms with E-state index < -0.39 is 5.91 Å². The molecule has 1 aliphatic rings. The molecule has 1 amide bonds. The van der Waals surface area contributed by atoms with E-state index in [9.17, 15) is 20.1 Å². The highest BCUT2D eigenvalue weighted by Gasteiger charge is 2.21. The van der Waals surface area contributed by atoms with Crippen LogP contribution in [0.2, 0.25) is 0 Å². The van der Waals surface area contributed by atoms with E-state index in [2.05, 4.69) is 5.32 Å². The summed E-state index contributed by atoms with van der Waals surface area (Å²) >= 11 is 0. The van der Waals surface area contributed by atoms with E-state index >= 15 is 0 Å². The number of aliphatic hydroxyl groups excluding tert-OH is 1. The first-order valence-electron chi connectivity index (χ1n) is 6.55. The normalized spacial score (nSPS) is 23.0. The molecule has 0 heterocycles. The maximum absolute atomic E-state index is 11.9. The van der Waals surface area contributed by atoms with Gasteiger partial charge in [-0.25, -0.2) is 0 Å². The molecule has 5 heteroatoms. The van der Waals surface area contributed by atoms with E-state index in [-0.39, 0.29) is 23.2 Å². The van der Waals surface area contributed by atoms with Crippen LogP contribution in [0.5, 0.6) is 11.5 Å². The molecular weight excluding hydrogens is 246 g/mol. The van der Waals surface area contributed by atoms with Crippen molar-refractivity contribution in [2.24, 2.45) is 5.92 Å². The van der Waals surface area contributed by atoms with Crippen molar-refractivity contribution < 1.29 is 20.1 Å². The zero-order chi connectivity index (χ0) is 13.8. The molecule has 1 saturated carbocycles. The quantitative estimate of drug-likeness (QED) is 0.664. The van der Waals surface area contributed by atoms with Crippen molar-refractivity contribution in [3.8, 4) is 11.5 Å². The number of hydrogen-bond donors (Lipinski definition) is 4. The van der Waals surface area contributed by atoms with Gasteiger partial charge in [-0.1, -0.05) is 6.07 Å². The molecule has 0 spiro atoms. The number of carbonyl (C=O) groups is 1. The second-order valence-electron chi connectivity index (χ2n) is 5.06. The number of nitrogens with one attached hydrogen (secondary N) is 1. The number of benzene rings is 1. The van der Waals surface area contributed by atoms with Crippen molar-refractivity contribution in [3.05, 3.63) is 23.8 Å². The second kappa shape index (κ2) is 5.93. The lowest BCUT2D eigenvalue weighted by Crippen LogP contribution is -2.32. The number of hydrogen-bond acceptors (Lipinski definition) is 4. The van der Waals surface area contributed by atoms with Crippen LogP contribution < -0.4 is 5.32 Å². The summed E-state index contributed by atoms with van der Waals surface area (Å²) in [5.74, 6) is -0.574. The van der Waals surface area contributed by atoms with Crippen LogP contribution >= 0.6 is 0 Å². The van der Waals surface area contributed by atoms with Crippen LogP contribution in [0.1, 0.15) is 36.0 Å². The molecule has 0 aliphatic heterocycles. The molecule has 0 radical (unpaired) electrons. The summed E-state index contributed by atoms with van der Waals surface area (Å²) in [5, 5.41) is 31.3. The van der Waals surface area contributed by atoms with Gasteiger partial charge in [-0.15, -0.1) is 0 Å². The average Bonchev–Trinajstić information content (AvgIpc) is 2.38. The second-order valence-corrected chi connectivity index (χ2v) is 5.06. The van der Waals surface area contributed by atoms with E-state index in [4.69, 9.17) is 0 Å². The molecular formula is C14H19NO4. The average molecular weight is 265 g/mol. The Hall–Kier alpha value is -1.75. The molecule has 0 atom stereocenters. The lowest BCUT2D eigenvalue weighted by Gasteiger charge is -2.25. The van der Waals surface area contributed by atoms with Gasteiger partial charge in [-0.2, -0.15) is 0 Å². The van der Waals surface area contributed by atoms with Gasteiger partial charge in [0.25, 0.3) is 5.91 Å². The summed E-state index contributed by atoms with van der Waals surface area (Å²) < 4.78 is 0.